The lowest BCUT2D eigenvalue weighted by Gasteiger charge is -2.16. The van der Waals surface area contributed by atoms with Gasteiger partial charge in [-0.05, 0) is 26.2 Å². The molecule has 0 amide bonds. The summed E-state index contributed by atoms with van der Waals surface area (Å²) in [6.45, 7) is 4.25. The van der Waals surface area contributed by atoms with Crippen LogP contribution in [0.3, 0.4) is 0 Å². The number of rotatable bonds is 6. The van der Waals surface area contributed by atoms with E-state index in [1.165, 1.54) is 0 Å². The Morgan fingerprint density at radius 2 is 2.25 bits per heavy atom. The maximum absolute atomic E-state index is 8.64. The summed E-state index contributed by atoms with van der Waals surface area (Å²) in [4.78, 5) is 0. The van der Waals surface area contributed by atoms with Gasteiger partial charge in [-0.15, -0.1) is 0 Å². The average Bonchev–Trinajstić information content (AvgIpc) is 2.10. The van der Waals surface area contributed by atoms with E-state index < -0.39 is 0 Å². The van der Waals surface area contributed by atoms with Crippen LogP contribution in [-0.4, -0.2) is 23.8 Å². The molecule has 3 heteroatoms. The Bertz CT molecular complexity index is 142. The van der Waals surface area contributed by atoms with E-state index in [2.05, 4.69) is 11.4 Å². The van der Waals surface area contributed by atoms with E-state index in [4.69, 9.17) is 10.4 Å². The van der Waals surface area contributed by atoms with Crippen LogP contribution < -0.4 is 5.32 Å². The Labute approximate surface area is 74.4 Å². The van der Waals surface area contributed by atoms with E-state index in [1.807, 2.05) is 13.8 Å². The molecule has 0 aliphatic carbocycles. The second-order valence-corrected chi connectivity index (χ2v) is 3.02. The predicted molar refractivity (Wildman–Crippen MR) is 48.6 cm³/mol. The highest BCUT2D eigenvalue weighted by atomic mass is 16.2. The third-order valence-corrected chi connectivity index (χ3v) is 1.85. The topological polar surface area (TPSA) is 56.0 Å². The van der Waals surface area contributed by atoms with E-state index in [-0.39, 0.29) is 12.6 Å². The van der Waals surface area contributed by atoms with Gasteiger partial charge in [0.2, 0.25) is 0 Å². The molecule has 2 N–H and O–H groups in total. The summed E-state index contributed by atoms with van der Waals surface area (Å²) in [5.74, 6) is 0. The molecule has 0 saturated carbocycles. The van der Waals surface area contributed by atoms with Crippen molar-refractivity contribution in [3.05, 3.63) is 0 Å². The van der Waals surface area contributed by atoms with Crippen molar-refractivity contribution in [2.45, 2.75) is 45.2 Å². The molecule has 0 radical (unpaired) electrons. The Balaban J connectivity index is 3.53. The fourth-order valence-electron chi connectivity index (χ4n) is 1.07. The van der Waals surface area contributed by atoms with Crippen LogP contribution >= 0.6 is 0 Å². The minimum atomic E-state index is -0.0429. The van der Waals surface area contributed by atoms with Gasteiger partial charge >= 0.3 is 0 Å². The average molecular weight is 170 g/mol. The molecule has 0 aromatic heterocycles. The maximum Gasteiger partial charge on any atom is 0.0952 e. The molecule has 0 saturated heterocycles. The molecule has 0 aliphatic rings. The molecule has 0 fully saturated rings. The standard InChI is InChI=1S/C9H18N2O/c1-3-9(7-10)11-8(2)5-4-6-12/h8-9,11-12H,3-6H2,1-2H3. The Morgan fingerprint density at radius 3 is 2.67 bits per heavy atom. The molecule has 70 valence electrons. The molecule has 0 rings (SSSR count). The van der Waals surface area contributed by atoms with Gasteiger partial charge in [0.1, 0.15) is 0 Å². The number of aliphatic hydroxyl groups excluding tert-OH is 1. The molecule has 12 heavy (non-hydrogen) atoms. The van der Waals surface area contributed by atoms with Gasteiger partial charge in [0.25, 0.3) is 0 Å². The summed E-state index contributed by atoms with van der Waals surface area (Å²) in [6.07, 6.45) is 2.56. The maximum atomic E-state index is 8.64. The van der Waals surface area contributed by atoms with E-state index in [1.54, 1.807) is 0 Å². The zero-order valence-electron chi connectivity index (χ0n) is 7.88. The molecular formula is C9H18N2O. The van der Waals surface area contributed by atoms with Crippen LogP contribution in [-0.2, 0) is 0 Å². The van der Waals surface area contributed by atoms with Crippen molar-refractivity contribution in [1.29, 1.82) is 5.26 Å². The molecule has 0 aromatic carbocycles. The van der Waals surface area contributed by atoms with Crippen LogP contribution in [0.25, 0.3) is 0 Å². The monoisotopic (exact) mass is 170 g/mol. The largest absolute Gasteiger partial charge is 0.396 e. The number of nitriles is 1. The highest BCUT2D eigenvalue weighted by molar-refractivity contribution is 4.89. The molecule has 2 atom stereocenters. The first-order chi connectivity index (χ1) is 5.74. The predicted octanol–water partition coefficient (Wildman–Crippen LogP) is 1.04. The van der Waals surface area contributed by atoms with Crippen LogP contribution in [0.1, 0.15) is 33.1 Å². The van der Waals surface area contributed by atoms with Crippen molar-refractivity contribution in [3.8, 4) is 6.07 Å². The first-order valence-corrected chi connectivity index (χ1v) is 4.51. The highest BCUT2D eigenvalue weighted by Crippen LogP contribution is 1.98. The van der Waals surface area contributed by atoms with Gasteiger partial charge in [-0.2, -0.15) is 5.26 Å². The molecule has 2 unspecified atom stereocenters. The summed E-state index contributed by atoms with van der Waals surface area (Å²) in [5.41, 5.74) is 0. The second-order valence-electron chi connectivity index (χ2n) is 3.02. The highest BCUT2D eigenvalue weighted by Gasteiger charge is 2.07. The lowest BCUT2D eigenvalue weighted by molar-refractivity contribution is 0.275. The Morgan fingerprint density at radius 1 is 1.58 bits per heavy atom. The van der Waals surface area contributed by atoms with Gasteiger partial charge in [-0.1, -0.05) is 6.92 Å². The van der Waals surface area contributed by atoms with Gasteiger partial charge in [0, 0.05) is 12.6 Å². The lowest BCUT2D eigenvalue weighted by atomic mass is 10.1. The molecular weight excluding hydrogens is 152 g/mol. The second kappa shape index (κ2) is 7.08. The molecule has 0 heterocycles. The summed E-state index contributed by atoms with van der Waals surface area (Å²) >= 11 is 0. The van der Waals surface area contributed by atoms with E-state index in [9.17, 15) is 0 Å². The van der Waals surface area contributed by atoms with Crippen molar-refractivity contribution in [2.75, 3.05) is 6.61 Å². The smallest absolute Gasteiger partial charge is 0.0952 e. The van der Waals surface area contributed by atoms with Crippen molar-refractivity contribution < 1.29 is 5.11 Å². The van der Waals surface area contributed by atoms with Crippen LogP contribution in [0.15, 0.2) is 0 Å². The normalized spacial score (nSPS) is 15.2. The van der Waals surface area contributed by atoms with Gasteiger partial charge in [-0.3, -0.25) is 5.32 Å². The third-order valence-electron chi connectivity index (χ3n) is 1.85. The minimum absolute atomic E-state index is 0.0429. The van der Waals surface area contributed by atoms with Gasteiger partial charge in [0.05, 0.1) is 12.1 Å². The molecule has 0 spiro atoms. The summed E-state index contributed by atoms with van der Waals surface area (Å²) in [5, 5.41) is 20.4. The Kier molecular flexibility index (Phi) is 6.73. The quantitative estimate of drug-likeness (QED) is 0.626. The molecule has 0 aromatic rings. The van der Waals surface area contributed by atoms with Crippen molar-refractivity contribution in [2.24, 2.45) is 0 Å². The van der Waals surface area contributed by atoms with Crippen LogP contribution in [0, 0.1) is 11.3 Å². The van der Waals surface area contributed by atoms with Crippen LogP contribution in [0.4, 0.5) is 0 Å². The SMILES string of the molecule is CCC(C#N)NC(C)CCCO. The minimum Gasteiger partial charge on any atom is -0.396 e. The van der Waals surface area contributed by atoms with Crippen molar-refractivity contribution in [1.82, 2.24) is 5.32 Å². The van der Waals surface area contributed by atoms with E-state index in [0.717, 1.165) is 19.3 Å². The lowest BCUT2D eigenvalue weighted by Crippen LogP contribution is -2.35. The molecule has 3 nitrogen and oxygen atoms in total. The first kappa shape index (κ1) is 11.4. The third kappa shape index (κ3) is 5.11. The Hall–Kier alpha value is -0.590. The summed E-state index contributed by atoms with van der Waals surface area (Å²) in [7, 11) is 0. The molecule has 0 bridgehead atoms. The summed E-state index contributed by atoms with van der Waals surface area (Å²) in [6, 6.07) is 2.46. The van der Waals surface area contributed by atoms with E-state index >= 15 is 0 Å². The number of hydrogen-bond donors (Lipinski definition) is 2. The fraction of sp³-hybridized carbons (Fsp3) is 0.889. The zero-order valence-corrected chi connectivity index (χ0v) is 7.88. The fourth-order valence-corrected chi connectivity index (χ4v) is 1.07. The van der Waals surface area contributed by atoms with Crippen molar-refractivity contribution >= 4 is 0 Å². The zero-order chi connectivity index (χ0) is 9.40. The number of nitrogens with one attached hydrogen (secondary N) is 1. The van der Waals surface area contributed by atoms with Gasteiger partial charge in [-0.25, -0.2) is 0 Å². The summed E-state index contributed by atoms with van der Waals surface area (Å²) < 4.78 is 0. The van der Waals surface area contributed by atoms with E-state index in [0.29, 0.717) is 6.04 Å². The van der Waals surface area contributed by atoms with Crippen LogP contribution in [0.2, 0.25) is 0 Å². The van der Waals surface area contributed by atoms with Gasteiger partial charge < -0.3 is 5.11 Å². The number of aliphatic hydroxyl groups is 1. The van der Waals surface area contributed by atoms with Gasteiger partial charge in [0.15, 0.2) is 0 Å². The van der Waals surface area contributed by atoms with Crippen molar-refractivity contribution in [3.63, 3.8) is 0 Å². The first-order valence-electron chi connectivity index (χ1n) is 4.51. The number of hydrogen-bond acceptors (Lipinski definition) is 3. The molecule has 0 aliphatic heterocycles. The van der Waals surface area contributed by atoms with Crippen LogP contribution in [0.5, 0.6) is 0 Å². The number of nitrogens with zero attached hydrogens (tertiary/aromatic N) is 1.